The fourth-order valence-corrected chi connectivity index (χ4v) is 2.46. The second kappa shape index (κ2) is 3.29. The summed E-state index contributed by atoms with van der Waals surface area (Å²) in [4.78, 5) is 0.894. The molecule has 2 heterocycles. The van der Waals surface area contributed by atoms with Gasteiger partial charge in [0.2, 0.25) is 0 Å². The first-order valence-corrected chi connectivity index (χ1v) is 5.32. The Bertz CT molecular complexity index is 431. The Hall–Kier alpha value is -1.00. The molecule has 14 heavy (non-hydrogen) atoms. The van der Waals surface area contributed by atoms with E-state index in [1.165, 1.54) is 11.3 Å². The van der Waals surface area contributed by atoms with Crippen molar-refractivity contribution in [1.29, 1.82) is 0 Å². The summed E-state index contributed by atoms with van der Waals surface area (Å²) in [5, 5.41) is 6.39. The first kappa shape index (κ1) is 9.55. The molecule has 0 bridgehead atoms. The molecule has 0 fully saturated rings. The van der Waals surface area contributed by atoms with Crippen molar-refractivity contribution in [1.82, 2.24) is 5.16 Å². The molecular weight excluding hydrogens is 220 g/mol. The van der Waals surface area contributed by atoms with E-state index in [0.717, 1.165) is 16.0 Å². The van der Waals surface area contributed by atoms with Crippen LogP contribution < -0.4 is 5.73 Å². The molecule has 5 heteroatoms. The number of halogens is 1. The minimum absolute atomic E-state index is 0.419. The predicted molar refractivity (Wildman–Crippen MR) is 58.7 cm³/mol. The summed E-state index contributed by atoms with van der Waals surface area (Å²) in [5.74, 6) is 1.09. The van der Waals surface area contributed by atoms with Crippen molar-refractivity contribution in [2.24, 2.45) is 0 Å². The molecule has 2 N–H and O–H groups in total. The number of anilines is 1. The summed E-state index contributed by atoms with van der Waals surface area (Å²) in [6, 6.07) is 0. The van der Waals surface area contributed by atoms with Crippen LogP contribution in [0.3, 0.4) is 0 Å². The van der Waals surface area contributed by atoms with Gasteiger partial charge in [0.25, 0.3) is 0 Å². The number of aryl methyl sites for hydroxylation is 1. The standard InChI is InChI=1S/C9H9ClN2OS/c1-4-3-14-8(6(4)10)7-5(2)9(11)12-13-7/h3H,1-2H3,(H2,11,12). The van der Waals surface area contributed by atoms with Gasteiger partial charge in [0.15, 0.2) is 11.6 Å². The molecule has 0 spiro atoms. The maximum Gasteiger partial charge on any atom is 0.183 e. The number of aromatic nitrogens is 1. The van der Waals surface area contributed by atoms with Gasteiger partial charge in [-0.3, -0.25) is 0 Å². The predicted octanol–water partition coefficient (Wildman–Crippen LogP) is 3.26. The molecule has 2 aromatic heterocycles. The Labute approximate surface area is 90.5 Å². The van der Waals surface area contributed by atoms with E-state index >= 15 is 0 Å². The van der Waals surface area contributed by atoms with Crippen LogP contribution in [0, 0.1) is 13.8 Å². The van der Waals surface area contributed by atoms with Crippen molar-refractivity contribution in [2.45, 2.75) is 13.8 Å². The van der Waals surface area contributed by atoms with E-state index in [-0.39, 0.29) is 0 Å². The highest BCUT2D eigenvalue weighted by Gasteiger charge is 2.17. The molecule has 0 radical (unpaired) electrons. The number of nitrogens with zero attached hydrogens (tertiary/aromatic N) is 1. The minimum atomic E-state index is 0.419. The first-order valence-electron chi connectivity index (χ1n) is 4.07. The highest BCUT2D eigenvalue weighted by atomic mass is 35.5. The van der Waals surface area contributed by atoms with Gasteiger partial charge >= 0.3 is 0 Å². The molecule has 0 aromatic carbocycles. The molecule has 0 saturated carbocycles. The van der Waals surface area contributed by atoms with Gasteiger partial charge in [0.1, 0.15) is 0 Å². The summed E-state index contributed by atoms with van der Waals surface area (Å²) < 4.78 is 5.13. The van der Waals surface area contributed by atoms with Crippen LogP contribution in [0.5, 0.6) is 0 Å². The van der Waals surface area contributed by atoms with E-state index in [4.69, 9.17) is 21.9 Å². The van der Waals surface area contributed by atoms with E-state index in [2.05, 4.69) is 5.16 Å². The monoisotopic (exact) mass is 228 g/mol. The summed E-state index contributed by atoms with van der Waals surface area (Å²) in [7, 11) is 0. The van der Waals surface area contributed by atoms with Crippen LogP contribution >= 0.6 is 22.9 Å². The van der Waals surface area contributed by atoms with Crippen molar-refractivity contribution < 1.29 is 4.52 Å². The molecule has 0 aliphatic carbocycles. The zero-order valence-electron chi connectivity index (χ0n) is 7.80. The second-order valence-electron chi connectivity index (χ2n) is 3.08. The Morgan fingerprint density at radius 3 is 2.64 bits per heavy atom. The molecule has 2 aromatic rings. The van der Waals surface area contributed by atoms with Crippen molar-refractivity contribution in [3.8, 4) is 10.6 Å². The minimum Gasteiger partial charge on any atom is -0.381 e. The summed E-state index contributed by atoms with van der Waals surface area (Å²) >= 11 is 7.64. The normalized spacial score (nSPS) is 10.8. The Morgan fingerprint density at radius 1 is 1.50 bits per heavy atom. The smallest absolute Gasteiger partial charge is 0.183 e. The van der Waals surface area contributed by atoms with E-state index in [0.29, 0.717) is 16.6 Å². The van der Waals surface area contributed by atoms with Gasteiger partial charge in [-0.05, 0) is 24.8 Å². The topological polar surface area (TPSA) is 52.0 Å². The van der Waals surface area contributed by atoms with Crippen molar-refractivity contribution in [3.05, 3.63) is 21.5 Å². The summed E-state index contributed by atoms with van der Waals surface area (Å²) in [6.07, 6.45) is 0. The molecule has 0 amide bonds. The molecule has 0 atom stereocenters. The second-order valence-corrected chi connectivity index (χ2v) is 4.34. The summed E-state index contributed by atoms with van der Waals surface area (Å²) in [5.41, 5.74) is 7.48. The number of rotatable bonds is 1. The van der Waals surface area contributed by atoms with E-state index in [1.54, 1.807) is 0 Å². The Balaban J connectivity index is 2.60. The van der Waals surface area contributed by atoms with Crippen LogP contribution in [0.15, 0.2) is 9.90 Å². The van der Waals surface area contributed by atoms with Crippen LogP contribution in [-0.4, -0.2) is 5.16 Å². The number of nitrogen functional groups attached to an aromatic ring is 1. The third kappa shape index (κ3) is 1.31. The maximum atomic E-state index is 6.11. The molecule has 74 valence electrons. The van der Waals surface area contributed by atoms with Gasteiger partial charge in [-0.25, -0.2) is 0 Å². The fraction of sp³-hybridized carbons (Fsp3) is 0.222. The molecule has 0 saturated heterocycles. The van der Waals surface area contributed by atoms with Gasteiger partial charge in [0, 0.05) is 5.56 Å². The van der Waals surface area contributed by atoms with Gasteiger partial charge in [0.05, 0.1) is 9.90 Å². The van der Waals surface area contributed by atoms with Crippen molar-refractivity contribution in [3.63, 3.8) is 0 Å². The Morgan fingerprint density at radius 2 is 2.21 bits per heavy atom. The van der Waals surface area contributed by atoms with Crippen LogP contribution in [0.2, 0.25) is 5.02 Å². The lowest BCUT2D eigenvalue weighted by atomic mass is 10.2. The highest BCUT2D eigenvalue weighted by molar-refractivity contribution is 7.14. The highest BCUT2D eigenvalue weighted by Crippen LogP contribution is 2.38. The number of nitrogens with two attached hydrogens (primary N) is 1. The lowest BCUT2D eigenvalue weighted by Crippen LogP contribution is -1.85. The molecule has 0 unspecified atom stereocenters. The number of thiophene rings is 1. The maximum absolute atomic E-state index is 6.11. The largest absolute Gasteiger partial charge is 0.381 e. The third-order valence-corrected chi connectivity index (χ3v) is 3.76. The van der Waals surface area contributed by atoms with Crippen LogP contribution in [0.4, 0.5) is 5.82 Å². The average molecular weight is 229 g/mol. The SMILES string of the molecule is Cc1csc(-c2onc(N)c2C)c1Cl. The molecule has 3 nitrogen and oxygen atoms in total. The molecule has 0 aliphatic heterocycles. The first-order chi connectivity index (χ1) is 6.61. The van der Waals surface area contributed by atoms with Gasteiger partial charge in [-0.1, -0.05) is 16.8 Å². The average Bonchev–Trinajstić information content (AvgIpc) is 2.63. The van der Waals surface area contributed by atoms with Crippen LogP contribution in [-0.2, 0) is 0 Å². The number of hydrogen-bond donors (Lipinski definition) is 1. The molecule has 0 aliphatic rings. The number of hydrogen-bond acceptors (Lipinski definition) is 4. The van der Waals surface area contributed by atoms with Gasteiger partial charge in [-0.2, -0.15) is 0 Å². The lowest BCUT2D eigenvalue weighted by Gasteiger charge is -1.93. The molecular formula is C9H9ClN2OS. The third-order valence-electron chi connectivity index (χ3n) is 2.07. The zero-order chi connectivity index (χ0) is 10.3. The zero-order valence-corrected chi connectivity index (χ0v) is 9.37. The van der Waals surface area contributed by atoms with E-state index < -0.39 is 0 Å². The quantitative estimate of drug-likeness (QED) is 0.815. The van der Waals surface area contributed by atoms with E-state index in [9.17, 15) is 0 Å². The van der Waals surface area contributed by atoms with Crippen LogP contribution in [0.1, 0.15) is 11.1 Å². The molecule has 2 rings (SSSR count). The van der Waals surface area contributed by atoms with Crippen molar-refractivity contribution in [2.75, 3.05) is 5.73 Å². The Kier molecular flexibility index (Phi) is 2.25. The van der Waals surface area contributed by atoms with Gasteiger partial charge in [-0.15, -0.1) is 11.3 Å². The lowest BCUT2D eigenvalue weighted by molar-refractivity contribution is 0.436. The van der Waals surface area contributed by atoms with E-state index in [1.807, 2.05) is 19.2 Å². The van der Waals surface area contributed by atoms with Crippen molar-refractivity contribution >= 4 is 28.8 Å². The van der Waals surface area contributed by atoms with Gasteiger partial charge < -0.3 is 10.3 Å². The summed E-state index contributed by atoms with van der Waals surface area (Å²) in [6.45, 7) is 3.82. The fourth-order valence-electron chi connectivity index (χ4n) is 1.14. The van der Waals surface area contributed by atoms with Crippen LogP contribution in [0.25, 0.3) is 10.6 Å².